The van der Waals surface area contributed by atoms with Crippen LogP contribution in [0.4, 0.5) is 5.82 Å². The summed E-state index contributed by atoms with van der Waals surface area (Å²) in [4.78, 5) is 13.0. The van der Waals surface area contributed by atoms with E-state index in [-0.39, 0.29) is 0 Å². The maximum absolute atomic E-state index is 5.43. The van der Waals surface area contributed by atoms with Crippen LogP contribution in [-0.4, -0.2) is 59.1 Å². The van der Waals surface area contributed by atoms with E-state index < -0.39 is 0 Å². The average Bonchev–Trinajstić information content (AvgIpc) is 3.14. The Morgan fingerprint density at radius 1 is 0.811 bits per heavy atom. The summed E-state index contributed by atoms with van der Waals surface area (Å²) in [5, 5.41) is 1.36. The number of hydrogen-bond acceptors (Lipinski definition) is 4. The van der Waals surface area contributed by atoms with Crippen LogP contribution >= 0.6 is 0 Å². The molecule has 1 saturated heterocycles. The minimum atomic E-state index is 0.870. The maximum Gasteiger partial charge on any atom is 0.153 e. The zero-order chi connectivity index (χ0) is 25.5. The Hall–Kier alpha value is -3.15. The van der Waals surface area contributed by atoms with Gasteiger partial charge in [0.25, 0.3) is 0 Å². The Balaban J connectivity index is 1.45. The van der Waals surface area contributed by atoms with Crippen LogP contribution in [0.3, 0.4) is 0 Å². The Labute approximate surface area is 221 Å². The molecule has 0 bridgehead atoms. The molecule has 0 unspecified atom stereocenters. The Morgan fingerprint density at radius 2 is 1.59 bits per heavy atom. The van der Waals surface area contributed by atoms with Crippen molar-refractivity contribution in [2.75, 3.05) is 44.7 Å². The van der Waals surface area contributed by atoms with Gasteiger partial charge in [-0.3, -0.25) is 4.90 Å². The SMILES string of the molecule is Cc1cccc(Cn2c(C)c(C)c3cc(CN4CCN(C)CC4)nc(N4CCc5ccccc5C4)c32)c1. The molecule has 0 aliphatic carbocycles. The van der Waals surface area contributed by atoms with Crippen LogP contribution in [0, 0.1) is 20.8 Å². The van der Waals surface area contributed by atoms with E-state index in [9.17, 15) is 0 Å². The number of rotatable bonds is 5. The molecule has 5 heteroatoms. The van der Waals surface area contributed by atoms with E-state index in [2.05, 4.69) is 102 Å². The molecule has 1 fully saturated rings. The van der Waals surface area contributed by atoms with Crippen LogP contribution < -0.4 is 4.90 Å². The van der Waals surface area contributed by atoms with Gasteiger partial charge in [-0.2, -0.15) is 0 Å². The van der Waals surface area contributed by atoms with Gasteiger partial charge in [0, 0.05) is 63.4 Å². The van der Waals surface area contributed by atoms with Crippen molar-refractivity contribution in [2.24, 2.45) is 0 Å². The number of anilines is 1. The predicted octanol–water partition coefficient (Wildman–Crippen LogP) is 5.32. The number of benzene rings is 2. The molecule has 0 amide bonds. The number of hydrogen-bond donors (Lipinski definition) is 0. The monoisotopic (exact) mass is 493 g/mol. The number of aromatic nitrogens is 2. The smallest absolute Gasteiger partial charge is 0.153 e. The lowest BCUT2D eigenvalue weighted by molar-refractivity contribution is 0.147. The maximum atomic E-state index is 5.43. The average molecular weight is 494 g/mol. The zero-order valence-corrected chi connectivity index (χ0v) is 22.8. The van der Waals surface area contributed by atoms with E-state index >= 15 is 0 Å². The van der Waals surface area contributed by atoms with Crippen LogP contribution in [0.5, 0.6) is 0 Å². The minimum absolute atomic E-state index is 0.870. The molecule has 2 aliphatic heterocycles. The van der Waals surface area contributed by atoms with E-state index in [1.54, 1.807) is 0 Å². The predicted molar refractivity (Wildman–Crippen MR) is 153 cm³/mol. The number of piperazine rings is 1. The van der Waals surface area contributed by atoms with E-state index in [0.29, 0.717) is 0 Å². The van der Waals surface area contributed by atoms with Gasteiger partial charge in [0.05, 0.1) is 11.2 Å². The zero-order valence-electron chi connectivity index (χ0n) is 22.8. The Morgan fingerprint density at radius 3 is 2.38 bits per heavy atom. The van der Waals surface area contributed by atoms with E-state index in [1.807, 2.05) is 0 Å². The molecule has 4 aromatic rings. The van der Waals surface area contributed by atoms with Gasteiger partial charge in [0.2, 0.25) is 0 Å². The molecular formula is C32H39N5. The lowest BCUT2D eigenvalue weighted by Gasteiger charge is -2.33. The molecule has 0 spiro atoms. The third kappa shape index (κ3) is 4.78. The summed E-state index contributed by atoms with van der Waals surface area (Å²) in [5.74, 6) is 1.15. The van der Waals surface area contributed by atoms with Gasteiger partial charge >= 0.3 is 0 Å². The lowest BCUT2D eigenvalue weighted by Crippen LogP contribution is -2.44. The summed E-state index contributed by atoms with van der Waals surface area (Å²) in [6.45, 7) is 14.9. The number of pyridine rings is 1. The van der Waals surface area contributed by atoms with Crippen molar-refractivity contribution in [3.05, 3.63) is 93.8 Å². The first-order valence-electron chi connectivity index (χ1n) is 13.7. The van der Waals surface area contributed by atoms with Crippen molar-refractivity contribution in [3.63, 3.8) is 0 Å². The van der Waals surface area contributed by atoms with Crippen molar-refractivity contribution in [3.8, 4) is 0 Å². The quantitative estimate of drug-likeness (QED) is 0.376. The second-order valence-corrected chi connectivity index (χ2v) is 11.1. The van der Waals surface area contributed by atoms with Gasteiger partial charge in [-0.25, -0.2) is 4.98 Å². The van der Waals surface area contributed by atoms with E-state index in [1.165, 1.54) is 50.1 Å². The second-order valence-electron chi connectivity index (χ2n) is 11.1. The van der Waals surface area contributed by atoms with Gasteiger partial charge in [-0.1, -0.05) is 54.1 Å². The molecule has 0 radical (unpaired) electrons. The van der Waals surface area contributed by atoms with Gasteiger partial charge in [0.1, 0.15) is 0 Å². The minimum Gasteiger partial charge on any atom is -0.350 e. The number of likely N-dealkylation sites (N-methyl/N-ethyl adjacent to an activating group) is 1. The molecule has 0 N–H and O–H groups in total. The molecule has 5 nitrogen and oxygen atoms in total. The molecule has 2 aromatic carbocycles. The summed E-state index contributed by atoms with van der Waals surface area (Å²) >= 11 is 0. The van der Waals surface area contributed by atoms with Gasteiger partial charge in [0.15, 0.2) is 5.82 Å². The highest BCUT2D eigenvalue weighted by Crippen LogP contribution is 2.35. The third-order valence-electron chi connectivity index (χ3n) is 8.48. The first kappa shape index (κ1) is 24.2. The summed E-state index contributed by atoms with van der Waals surface area (Å²) in [5.41, 5.74) is 10.8. The summed E-state index contributed by atoms with van der Waals surface area (Å²) in [6.07, 6.45) is 1.07. The third-order valence-corrected chi connectivity index (χ3v) is 8.48. The highest BCUT2D eigenvalue weighted by molar-refractivity contribution is 5.94. The molecular weight excluding hydrogens is 454 g/mol. The van der Waals surface area contributed by atoms with Gasteiger partial charge in [-0.15, -0.1) is 0 Å². The Kier molecular flexibility index (Phi) is 6.51. The number of fused-ring (bicyclic) bond motifs is 2. The topological polar surface area (TPSA) is 27.5 Å². The molecule has 2 aliphatic rings. The van der Waals surface area contributed by atoms with Crippen molar-refractivity contribution >= 4 is 16.7 Å². The molecule has 6 rings (SSSR count). The van der Waals surface area contributed by atoms with Gasteiger partial charge in [-0.05, 0) is 62.6 Å². The van der Waals surface area contributed by atoms with Crippen molar-refractivity contribution < 1.29 is 0 Å². The first-order valence-corrected chi connectivity index (χ1v) is 13.7. The van der Waals surface area contributed by atoms with Crippen LogP contribution in [0.25, 0.3) is 10.9 Å². The lowest BCUT2D eigenvalue weighted by atomic mass is 10.00. The Bertz CT molecular complexity index is 1430. The number of aryl methyl sites for hydroxylation is 2. The summed E-state index contributed by atoms with van der Waals surface area (Å²) in [6, 6.07) is 20.2. The van der Waals surface area contributed by atoms with E-state index in [4.69, 9.17) is 4.98 Å². The molecule has 2 aromatic heterocycles. The molecule has 0 saturated carbocycles. The summed E-state index contributed by atoms with van der Waals surface area (Å²) < 4.78 is 2.52. The molecule has 192 valence electrons. The standard InChI is InChI=1S/C32H39N5/c1-23-8-7-9-26(18-23)20-37-25(3)24(2)30-19-29(22-35-16-14-34(4)15-17-35)33-32(31(30)37)36-13-12-27-10-5-6-11-28(27)21-36/h5-11,18-19H,12-17,20-22H2,1-4H3. The van der Waals surface area contributed by atoms with Crippen molar-refractivity contribution in [1.29, 1.82) is 0 Å². The van der Waals surface area contributed by atoms with Crippen molar-refractivity contribution in [1.82, 2.24) is 19.4 Å². The molecule has 4 heterocycles. The highest BCUT2D eigenvalue weighted by Gasteiger charge is 2.25. The fraction of sp³-hybridized carbons (Fsp3) is 0.406. The van der Waals surface area contributed by atoms with Gasteiger partial charge < -0.3 is 14.4 Å². The van der Waals surface area contributed by atoms with Crippen LogP contribution in [0.15, 0.2) is 54.6 Å². The largest absolute Gasteiger partial charge is 0.350 e. The van der Waals surface area contributed by atoms with E-state index in [0.717, 1.165) is 64.6 Å². The fourth-order valence-corrected chi connectivity index (χ4v) is 6.10. The van der Waals surface area contributed by atoms with Crippen molar-refractivity contribution in [2.45, 2.75) is 46.8 Å². The first-order chi connectivity index (χ1) is 18.0. The second kappa shape index (κ2) is 9.96. The highest BCUT2D eigenvalue weighted by atomic mass is 15.3. The molecule has 37 heavy (non-hydrogen) atoms. The normalized spacial score (nSPS) is 16.9. The fourth-order valence-electron chi connectivity index (χ4n) is 6.10. The van der Waals surface area contributed by atoms with Crippen LogP contribution in [0.1, 0.15) is 39.2 Å². The molecule has 0 atom stereocenters. The van der Waals surface area contributed by atoms with Crippen LogP contribution in [-0.2, 0) is 26.1 Å². The number of nitrogens with zero attached hydrogens (tertiary/aromatic N) is 5. The van der Waals surface area contributed by atoms with Crippen LogP contribution in [0.2, 0.25) is 0 Å². The summed E-state index contributed by atoms with van der Waals surface area (Å²) in [7, 11) is 2.22.